The van der Waals surface area contributed by atoms with E-state index in [4.69, 9.17) is 9.72 Å². The van der Waals surface area contributed by atoms with Crippen LogP contribution in [-0.4, -0.2) is 61.8 Å². The number of unbranched alkanes of at least 4 members (excludes halogenated alkanes) is 1. The molecule has 7 heteroatoms. The molecule has 2 amide bonds. The maximum absolute atomic E-state index is 11.7. The summed E-state index contributed by atoms with van der Waals surface area (Å²) in [4.78, 5) is 21.6. The fraction of sp³-hybridized carbons (Fsp3) is 0.520. The van der Waals surface area contributed by atoms with Gasteiger partial charge in [-0.3, -0.25) is 4.90 Å². The molecule has 2 aromatic rings. The van der Waals surface area contributed by atoms with Crippen molar-refractivity contribution < 1.29 is 9.53 Å². The van der Waals surface area contributed by atoms with Gasteiger partial charge in [-0.1, -0.05) is 12.1 Å². The lowest BCUT2D eigenvalue weighted by Gasteiger charge is -2.35. The Morgan fingerprint density at radius 3 is 2.78 bits per heavy atom. The molecule has 3 aliphatic rings. The van der Waals surface area contributed by atoms with Crippen LogP contribution < -0.4 is 20.3 Å². The Kier molecular flexibility index (Phi) is 6.44. The van der Waals surface area contributed by atoms with Crippen LogP contribution in [0.1, 0.15) is 42.9 Å². The summed E-state index contributed by atoms with van der Waals surface area (Å²) in [6.07, 6.45) is 5.59. The Morgan fingerprint density at radius 1 is 1.06 bits per heavy atom. The summed E-state index contributed by atoms with van der Waals surface area (Å²) in [5.74, 6) is 2.68. The van der Waals surface area contributed by atoms with Gasteiger partial charge in [-0.15, -0.1) is 0 Å². The topological polar surface area (TPSA) is 69.7 Å². The minimum absolute atomic E-state index is 0.146. The number of fused-ring (bicyclic) bond motifs is 1. The minimum atomic E-state index is -0.146. The number of piperazine rings is 1. The Morgan fingerprint density at radius 2 is 1.94 bits per heavy atom. The number of urea groups is 1. The van der Waals surface area contributed by atoms with Crippen LogP contribution >= 0.6 is 0 Å². The number of pyridine rings is 1. The van der Waals surface area contributed by atoms with Crippen molar-refractivity contribution in [3.05, 3.63) is 47.7 Å². The van der Waals surface area contributed by atoms with E-state index in [0.29, 0.717) is 19.1 Å². The second-order valence-corrected chi connectivity index (χ2v) is 9.03. The van der Waals surface area contributed by atoms with E-state index in [1.807, 2.05) is 18.2 Å². The predicted octanol–water partition coefficient (Wildman–Crippen LogP) is 3.62. The van der Waals surface area contributed by atoms with E-state index in [1.54, 1.807) is 0 Å². The summed E-state index contributed by atoms with van der Waals surface area (Å²) in [6.45, 7) is 6.75. The van der Waals surface area contributed by atoms with Gasteiger partial charge in [-0.25, -0.2) is 9.78 Å². The van der Waals surface area contributed by atoms with Crippen molar-refractivity contribution in [3.8, 4) is 5.75 Å². The Bertz CT molecular complexity index is 938. The van der Waals surface area contributed by atoms with Crippen molar-refractivity contribution in [1.82, 2.24) is 15.2 Å². The number of hydrogen-bond donors (Lipinski definition) is 2. The summed E-state index contributed by atoms with van der Waals surface area (Å²) < 4.78 is 5.94. The first kappa shape index (κ1) is 21.1. The lowest BCUT2D eigenvalue weighted by atomic mass is 10.1. The Labute approximate surface area is 190 Å². The second kappa shape index (κ2) is 9.77. The normalized spacial score (nSPS) is 19.0. The molecule has 2 N–H and O–H groups in total. The molecular formula is C25H33N5O2. The number of carbonyl (C=O) groups is 1. The minimum Gasteiger partial charge on any atom is -0.494 e. The molecule has 32 heavy (non-hydrogen) atoms. The van der Waals surface area contributed by atoms with Crippen LogP contribution in [0.3, 0.4) is 0 Å². The largest absolute Gasteiger partial charge is 0.494 e. The predicted molar refractivity (Wildman–Crippen MR) is 127 cm³/mol. The van der Waals surface area contributed by atoms with Crippen LogP contribution in [0.25, 0.3) is 0 Å². The van der Waals surface area contributed by atoms with Gasteiger partial charge in [0, 0.05) is 56.1 Å². The Balaban J connectivity index is 1.01. The molecule has 0 atom stereocenters. The lowest BCUT2D eigenvalue weighted by molar-refractivity contribution is 0.238. The number of nitrogens with one attached hydrogen (secondary N) is 2. The number of amides is 2. The third-order valence-corrected chi connectivity index (χ3v) is 6.59. The molecule has 1 aromatic heterocycles. The zero-order chi connectivity index (χ0) is 21.8. The highest BCUT2D eigenvalue weighted by Crippen LogP contribution is 2.39. The molecule has 1 saturated heterocycles. The van der Waals surface area contributed by atoms with Gasteiger partial charge >= 0.3 is 6.03 Å². The molecule has 0 spiro atoms. The average molecular weight is 436 g/mol. The van der Waals surface area contributed by atoms with Crippen molar-refractivity contribution >= 4 is 17.5 Å². The van der Waals surface area contributed by atoms with Gasteiger partial charge in [0.05, 0.1) is 6.61 Å². The number of nitrogens with zero attached hydrogens (tertiary/aromatic N) is 3. The third-order valence-electron chi connectivity index (χ3n) is 6.59. The van der Waals surface area contributed by atoms with E-state index in [9.17, 15) is 4.79 Å². The molecule has 1 aromatic carbocycles. The van der Waals surface area contributed by atoms with E-state index >= 15 is 0 Å². The third kappa shape index (κ3) is 5.33. The maximum Gasteiger partial charge on any atom is 0.319 e. The van der Waals surface area contributed by atoms with E-state index in [-0.39, 0.29) is 6.03 Å². The molecule has 2 fully saturated rings. The summed E-state index contributed by atoms with van der Waals surface area (Å²) in [5, 5.41) is 5.71. The highest BCUT2D eigenvalue weighted by atomic mass is 16.5. The van der Waals surface area contributed by atoms with E-state index < -0.39 is 0 Å². The number of carbonyl (C=O) groups excluding carboxylic acids is 1. The van der Waals surface area contributed by atoms with E-state index in [0.717, 1.165) is 74.8 Å². The molecule has 0 unspecified atom stereocenters. The first-order chi connectivity index (χ1) is 15.7. The van der Waals surface area contributed by atoms with Crippen molar-refractivity contribution in [1.29, 1.82) is 0 Å². The van der Waals surface area contributed by atoms with Gasteiger partial charge in [0.15, 0.2) is 0 Å². The van der Waals surface area contributed by atoms with Crippen molar-refractivity contribution in [2.45, 2.75) is 38.0 Å². The molecule has 3 heterocycles. The number of benzene rings is 1. The Hall–Kier alpha value is -2.80. The van der Waals surface area contributed by atoms with Crippen LogP contribution in [0.2, 0.25) is 0 Å². The molecule has 2 aliphatic heterocycles. The van der Waals surface area contributed by atoms with Gasteiger partial charge in [-0.2, -0.15) is 0 Å². The molecule has 7 nitrogen and oxygen atoms in total. The lowest BCUT2D eigenvalue weighted by Crippen LogP contribution is -2.47. The smallest absolute Gasteiger partial charge is 0.319 e. The molecular weight excluding hydrogens is 402 g/mol. The van der Waals surface area contributed by atoms with Crippen molar-refractivity contribution in [3.63, 3.8) is 0 Å². The monoisotopic (exact) mass is 435 g/mol. The molecule has 5 rings (SSSR count). The molecule has 0 bridgehead atoms. The number of anilines is 2. The van der Waals surface area contributed by atoms with E-state index in [2.05, 4.69) is 38.6 Å². The number of hydrogen-bond acceptors (Lipinski definition) is 5. The molecule has 170 valence electrons. The highest BCUT2D eigenvalue weighted by Gasteiger charge is 2.26. The average Bonchev–Trinajstić information content (AvgIpc) is 3.67. The quantitative estimate of drug-likeness (QED) is 0.620. The summed E-state index contributed by atoms with van der Waals surface area (Å²) in [7, 11) is 0. The fourth-order valence-corrected chi connectivity index (χ4v) is 4.51. The highest BCUT2D eigenvalue weighted by molar-refractivity contribution is 5.91. The zero-order valence-corrected chi connectivity index (χ0v) is 18.7. The van der Waals surface area contributed by atoms with E-state index in [1.165, 1.54) is 18.5 Å². The summed E-state index contributed by atoms with van der Waals surface area (Å²) in [5.41, 5.74) is 3.27. The van der Waals surface area contributed by atoms with Crippen LogP contribution in [0.5, 0.6) is 5.75 Å². The SMILES string of the molecule is O=C1NCCc2ccc(OCCCCN3CCN(c4cccc(C5CC5)n4)CC3)cc2N1. The molecule has 1 aliphatic carbocycles. The standard InChI is InChI=1S/C25H33N5O2/c31-25-26-11-10-20-8-9-21(18-23(20)28-25)32-17-2-1-12-29-13-15-30(16-14-29)24-5-3-4-22(27-24)19-6-7-19/h3-5,8-9,18-19H,1-2,6-7,10-17H2,(H2,26,28,31). The first-order valence-corrected chi connectivity index (χ1v) is 12.0. The van der Waals surface area contributed by atoms with Gasteiger partial charge in [0.1, 0.15) is 11.6 Å². The van der Waals surface area contributed by atoms with Crippen molar-refractivity contribution in [2.75, 3.05) is 56.1 Å². The van der Waals surface area contributed by atoms with Crippen molar-refractivity contribution in [2.24, 2.45) is 0 Å². The number of rotatable bonds is 8. The zero-order valence-electron chi connectivity index (χ0n) is 18.7. The van der Waals surface area contributed by atoms with Crippen LogP contribution in [0, 0.1) is 0 Å². The maximum atomic E-state index is 11.7. The van der Waals surface area contributed by atoms with Gasteiger partial charge < -0.3 is 20.3 Å². The summed E-state index contributed by atoms with van der Waals surface area (Å²) in [6, 6.07) is 12.3. The second-order valence-electron chi connectivity index (χ2n) is 9.03. The molecule has 0 radical (unpaired) electrons. The van der Waals surface area contributed by atoms with Gasteiger partial charge in [0.25, 0.3) is 0 Å². The van der Waals surface area contributed by atoms with Crippen LogP contribution in [0.4, 0.5) is 16.3 Å². The van der Waals surface area contributed by atoms with Crippen LogP contribution in [-0.2, 0) is 6.42 Å². The first-order valence-electron chi connectivity index (χ1n) is 12.0. The summed E-state index contributed by atoms with van der Waals surface area (Å²) >= 11 is 0. The van der Waals surface area contributed by atoms with Gasteiger partial charge in [0.2, 0.25) is 0 Å². The molecule has 1 saturated carbocycles. The number of ether oxygens (including phenoxy) is 1. The van der Waals surface area contributed by atoms with Crippen LogP contribution in [0.15, 0.2) is 36.4 Å². The number of aromatic nitrogens is 1. The fourth-order valence-electron chi connectivity index (χ4n) is 4.51. The van der Waals surface area contributed by atoms with Gasteiger partial charge in [-0.05, 0) is 62.4 Å².